The third kappa shape index (κ3) is 3.74. The topological polar surface area (TPSA) is 79.1 Å². The lowest BCUT2D eigenvalue weighted by Gasteiger charge is -2.42. The third-order valence-corrected chi connectivity index (χ3v) is 5.29. The number of nitrogens with zero attached hydrogens (tertiary/aromatic N) is 3. The SMILES string of the molecule is N[C@@H]1CCCN(C(C=O)N2CCC[C@H]2CN2CCOCC2)C1=O. The number of aldehydes is 1. The maximum Gasteiger partial charge on any atom is 0.241 e. The summed E-state index contributed by atoms with van der Waals surface area (Å²) >= 11 is 0. The smallest absolute Gasteiger partial charge is 0.241 e. The highest BCUT2D eigenvalue weighted by molar-refractivity contribution is 5.84. The molecule has 0 aromatic rings. The van der Waals surface area contributed by atoms with Crippen LogP contribution in [0.25, 0.3) is 0 Å². The molecule has 0 saturated carbocycles. The van der Waals surface area contributed by atoms with Crippen molar-refractivity contribution in [2.24, 2.45) is 5.73 Å². The molecule has 0 aliphatic carbocycles. The summed E-state index contributed by atoms with van der Waals surface area (Å²) in [5, 5.41) is 0. The van der Waals surface area contributed by atoms with Gasteiger partial charge in [0.25, 0.3) is 0 Å². The van der Waals surface area contributed by atoms with Gasteiger partial charge in [-0.15, -0.1) is 0 Å². The predicted octanol–water partition coefficient (Wildman–Crippen LogP) is -0.742. The molecule has 3 saturated heterocycles. The van der Waals surface area contributed by atoms with Crippen molar-refractivity contribution in [1.82, 2.24) is 14.7 Å². The molecule has 7 heteroatoms. The molecule has 3 aliphatic heterocycles. The maximum atomic E-state index is 12.4. The van der Waals surface area contributed by atoms with E-state index < -0.39 is 12.2 Å². The molecule has 3 heterocycles. The minimum atomic E-state index is -0.456. The van der Waals surface area contributed by atoms with Crippen molar-refractivity contribution < 1.29 is 14.3 Å². The Balaban J connectivity index is 1.66. The number of hydrogen-bond donors (Lipinski definition) is 1. The summed E-state index contributed by atoms with van der Waals surface area (Å²) in [4.78, 5) is 30.4. The molecule has 0 bridgehead atoms. The molecular formula is C16H28N4O3. The van der Waals surface area contributed by atoms with Crippen LogP contribution in [-0.2, 0) is 14.3 Å². The van der Waals surface area contributed by atoms with E-state index >= 15 is 0 Å². The van der Waals surface area contributed by atoms with Gasteiger partial charge in [0.05, 0.1) is 19.3 Å². The molecule has 0 spiro atoms. The van der Waals surface area contributed by atoms with Crippen LogP contribution < -0.4 is 5.73 Å². The second-order valence-electron chi connectivity index (χ2n) is 6.78. The number of carbonyl (C=O) groups is 2. The normalized spacial score (nSPS) is 32.2. The summed E-state index contributed by atoms with van der Waals surface area (Å²) in [5.41, 5.74) is 5.90. The lowest BCUT2D eigenvalue weighted by atomic mass is 10.0. The van der Waals surface area contributed by atoms with Gasteiger partial charge in [0.2, 0.25) is 5.91 Å². The first-order valence-electron chi connectivity index (χ1n) is 8.78. The molecule has 3 atom stereocenters. The average molecular weight is 324 g/mol. The molecule has 3 rings (SSSR count). The van der Waals surface area contributed by atoms with Crippen molar-refractivity contribution in [1.29, 1.82) is 0 Å². The highest BCUT2D eigenvalue weighted by Gasteiger charge is 2.39. The van der Waals surface area contributed by atoms with Gasteiger partial charge in [-0.1, -0.05) is 0 Å². The Labute approximate surface area is 137 Å². The van der Waals surface area contributed by atoms with Crippen molar-refractivity contribution in [3.63, 3.8) is 0 Å². The lowest BCUT2D eigenvalue weighted by molar-refractivity contribution is -0.146. The van der Waals surface area contributed by atoms with Crippen molar-refractivity contribution in [2.75, 3.05) is 45.9 Å². The van der Waals surface area contributed by atoms with E-state index in [2.05, 4.69) is 9.80 Å². The highest BCUT2D eigenvalue weighted by Crippen LogP contribution is 2.24. The number of morpholine rings is 1. The van der Waals surface area contributed by atoms with Crippen LogP contribution >= 0.6 is 0 Å². The summed E-state index contributed by atoms with van der Waals surface area (Å²) in [6.07, 6.45) is 4.22. The van der Waals surface area contributed by atoms with E-state index in [1.807, 2.05) is 0 Å². The fourth-order valence-corrected chi connectivity index (χ4v) is 4.01. The second kappa shape index (κ2) is 7.70. The van der Waals surface area contributed by atoms with Crippen LogP contribution in [-0.4, -0.2) is 91.1 Å². The van der Waals surface area contributed by atoms with E-state index in [1.165, 1.54) is 0 Å². The Morgan fingerprint density at radius 3 is 2.65 bits per heavy atom. The van der Waals surface area contributed by atoms with Gasteiger partial charge < -0.3 is 15.4 Å². The number of ether oxygens (including phenoxy) is 1. The zero-order valence-corrected chi connectivity index (χ0v) is 13.7. The van der Waals surface area contributed by atoms with Gasteiger partial charge >= 0.3 is 0 Å². The summed E-state index contributed by atoms with van der Waals surface area (Å²) in [6.45, 7) is 5.91. The number of piperidine rings is 1. The molecule has 3 fully saturated rings. The summed E-state index contributed by atoms with van der Waals surface area (Å²) in [7, 11) is 0. The molecule has 2 N–H and O–H groups in total. The molecular weight excluding hydrogens is 296 g/mol. The number of carbonyl (C=O) groups excluding carboxylic acids is 2. The Hall–Kier alpha value is -1.02. The summed E-state index contributed by atoms with van der Waals surface area (Å²) < 4.78 is 5.40. The summed E-state index contributed by atoms with van der Waals surface area (Å²) in [5.74, 6) is -0.0784. The molecule has 0 aromatic carbocycles. The number of likely N-dealkylation sites (tertiary alicyclic amines) is 2. The predicted molar refractivity (Wildman–Crippen MR) is 85.8 cm³/mol. The van der Waals surface area contributed by atoms with Crippen molar-refractivity contribution in [2.45, 2.75) is 43.9 Å². The third-order valence-electron chi connectivity index (χ3n) is 5.29. The van der Waals surface area contributed by atoms with E-state index in [0.29, 0.717) is 12.6 Å². The zero-order valence-electron chi connectivity index (χ0n) is 13.7. The Morgan fingerprint density at radius 1 is 1.17 bits per heavy atom. The molecule has 7 nitrogen and oxygen atoms in total. The first kappa shape index (κ1) is 16.8. The van der Waals surface area contributed by atoms with Crippen LogP contribution in [0.1, 0.15) is 25.7 Å². The molecule has 130 valence electrons. The van der Waals surface area contributed by atoms with Gasteiger partial charge in [-0.2, -0.15) is 0 Å². The number of nitrogens with two attached hydrogens (primary N) is 1. The zero-order chi connectivity index (χ0) is 16.2. The van der Waals surface area contributed by atoms with Crippen LogP contribution in [0.3, 0.4) is 0 Å². The van der Waals surface area contributed by atoms with Gasteiger partial charge in [0, 0.05) is 38.8 Å². The van der Waals surface area contributed by atoms with E-state index in [-0.39, 0.29) is 5.91 Å². The van der Waals surface area contributed by atoms with Crippen LogP contribution in [0.2, 0.25) is 0 Å². The van der Waals surface area contributed by atoms with Crippen LogP contribution in [0, 0.1) is 0 Å². The van der Waals surface area contributed by atoms with Crippen molar-refractivity contribution in [3.05, 3.63) is 0 Å². The van der Waals surface area contributed by atoms with Gasteiger partial charge in [-0.3, -0.25) is 19.4 Å². The largest absolute Gasteiger partial charge is 0.379 e. The van der Waals surface area contributed by atoms with Crippen LogP contribution in [0.4, 0.5) is 0 Å². The lowest BCUT2D eigenvalue weighted by Crippen LogP contribution is -2.60. The number of amides is 1. The molecule has 23 heavy (non-hydrogen) atoms. The molecule has 1 amide bonds. The maximum absolute atomic E-state index is 12.4. The first-order valence-corrected chi connectivity index (χ1v) is 8.78. The fraction of sp³-hybridized carbons (Fsp3) is 0.875. The van der Waals surface area contributed by atoms with Crippen molar-refractivity contribution >= 4 is 12.2 Å². The second-order valence-corrected chi connectivity index (χ2v) is 6.78. The molecule has 0 aromatic heterocycles. The Morgan fingerprint density at radius 2 is 1.91 bits per heavy atom. The van der Waals surface area contributed by atoms with E-state index in [4.69, 9.17) is 10.5 Å². The van der Waals surface area contributed by atoms with Gasteiger partial charge in [-0.05, 0) is 25.7 Å². The molecule has 0 radical (unpaired) electrons. The van der Waals surface area contributed by atoms with Crippen LogP contribution in [0.5, 0.6) is 0 Å². The highest BCUT2D eigenvalue weighted by atomic mass is 16.5. The quantitative estimate of drug-likeness (QED) is 0.671. The van der Waals surface area contributed by atoms with Crippen LogP contribution in [0.15, 0.2) is 0 Å². The Bertz CT molecular complexity index is 428. The Kier molecular flexibility index (Phi) is 5.63. The van der Waals surface area contributed by atoms with Gasteiger partial charge in [0.15, 0.2) is 6.29 Å². The number of hydrogen-bond acceptors (Lipinski definition) is 6. The molecule has 1 unspecified atom stereocenters. The fourth-order valence-electron chi connectivity index (χ4n) is 4.01. The number of rotatable bonds is 5. The average Bonchev–Trinajstić information content (AvgIpc) is 3.01. The van der Waals surface area contributed by atoms with E-state index in [0.717, 1.165) is 71.4 Å². The first-order chi connectivity index (χ1) is 11.2. The standard InChI is InChI=1S/C16H28N4O3/c17-14-4-2-6-20(16(14)22)15(12-21)19-5-1-3-13(19)11-18-7-9-23-10-8-18/h12-15H,1-11,17H2/t13-,14+,15?/m0/s1. The minimum Gasteiger partial charge on any atom is -0.379 e. The monoisotopic (exact) mass is 324 g/mol. The van der Waals surface area contributed by atoms with E-state index in [9.17, 15) is 9.59 Å². The molecule has 3 aliphatic rings. The van der Waals surface area contributed by atoms with Crippen molar-refractivity contribution in [3.8, 4) is 0 Å². The van der Waals surface area contributed by atoms with Gasteiger partial charge in [-0.25, -0.2) is 0 Å². The van der Waals surface area contributed by atoms with Gasteiger partial charge in [0.1, 0.15) is 6.17 Å². The minimum absolute atomic E-state index is 0.0784. The van der Waals surface area contributed by atoms with E-state index in [1.54, 1.807) is 4.90 Å². The summed E-state index contributed by atoms with van der Waals surface area (Å²) in [6, 6.07) is -0.124.